The summed E-state index contributed by atoms with van der Waals surface area (Å²) in [6.45, 7) is 3.84. The number of likely N-dealkylation sites (N-methyl/N-ethyl adjacent to an activating group) is 1. The zero-order chi connectivity index (χ0) is 9.68. The Morgan fingerprint density at radius 2 is 2.38 bits per heavy atom. The highest BCUT2D eigenvalue weighted by atomic mass is 16.5. The Bertz CT molecular complexity index is 209. The first kappa shape index (κ1) is 10.3. The summed E-state index contributed by atoms with van der Waals surface area (Å²) in [6, 6.07) is 0. The Hall–Kier alpha value is -0.830. The second-order valence-corrected chi connectivity index (χ2v) is 3.70. The molecule has 1 heterocycles. The zero-order valence-corrected chi connectivity index (χ0v) is 8.66. The molecule has 13 heavy (non-hydrogen) atoms. The lowest BCUT2D eigenvalue weighted by Gasteiger charge is -2.15. The molecule has 0 N–H and O–H groups in total. The fourth-order valence-electron chi connectivity index (χ4n) is 1.11. The summed E-state index contributed by atoms with van der Waals surface area (Å²) in [4.78, 5) is 6.27. The Morgan fingerprint density at radius 1 is 1.62 bits per heavy atom. The van der Waals surface area contributed by atoms with Crippen molar-refractivity contribution in [3.05, 3.63) is 12.3 Å². The molecule has 0 aromatic carbocycles. The maximum atomic E-state index is 5.52. The van der Waals surface area contributed by atoms with Crippen LogP contribution in [0.5, 0.6) is 0 Å². The van der Waals surface area contributed by atoms with Crippen LogP contribution in [-0.4, -0.2) is 38.0 Å². The van der Waals surface area contributed by atoms with E-state index in [-0.39, 0.29) is 0 Å². The molecule has 1 atom stereocenters. The quantitative estimate of drug-likeness (QED) is 0.661. The van der Waals surface area contributed by atoms with Gasteiger partial charge in [-0.1, -0.05) is 13.0 Å². The van der Waals surface area contributed by atoms with E-state index in [9.17, 15) is 0 Å². The molecule has 0 saturated carbocycles. The van der Waals surface area contributed by atoms with Gasteiger partial charge in [0, 0.05) is 19.2 Å². The summed E-state index contributed by atoms with van der Waals surface area (Å²) in [5.74, 6) is 1.43. The highest BCUT2D eigenvalue weighted by molar-refractivity contribution is 5.78. The smallest absolute Gasteiger partial charge is 0.188 e. The Labute approximate surface area is 80.1 Å². The van der Waals surface area contributed by atoms with Crippen molar-refractivity contribution in [2.24, 2.45) is 10.9 Å². The minimum absolute atomic E-state index is 0.562. The fourth-order valence-corrected chi connectivity index (χ4v) is 1.11. The van der Waals surface area contributed by atoms with Crippen LogP contribution in [0, 0.1) is 5.92 Å². The largest absolute Gasteiger partial charge is 0.479 e. The highest BCUT2D eigenvalue weighted by Crippen LogP contribution is 2.11. The predicted octanol–water partition coefficient (Wildman–Crippen LogP) is 1.52. The van der Waals surface area contributed by atoms with E-state index in [2.05, 4.69) is 22.9 Å². The first-order valence-electron chi connectivity index (χ1n) is 4.69. The van der Waals surface area contributed by atoms with Gasteiger partial charge in [-0.25, -0.2) is 4.99 Å². The summed E-state index contributed by atoms with van der Waals surface area (Å²) in [5, 5.41) is 0. The third kappa shape index (κ3) is 4.08. The Kier molecular flexibility index (Phi) is 3.96. The maximum absolute atomic E-state index is 5.52. The molecule has 0 spiro atoms. The monoisotopic (exact) mass is 182 g/mol. The van der Waals surface area contributed by atoms with Gasteiger partial charge in [-0.05, 0) is 20.0 Å². The summed E-state index contributed by atoms with van der Waals surface area (Å²) in [7, 11) is 4.07. The molecule has 0 aliphatic carbocycles. The van der Waals surface area contributed by atoms with E-state index in [1.165, 1.54) is 0 Å². The molecule has 3 nitrogen and oxygen atoms in total. The number of allylic oxidation sites excluding steroid dienone is 1. The van der Waals surface area contributed by atoms with E-state index in [0.29, 0.717) is 5.92 Å². The lowest BCUT2D eigenvalue weighted by Crippen LogP contribution is -2.21. The van der Waals surface area contributed by atoms with E-state index in [1.807, 2.05) is 20.3 Å². The predicted molar refractivity (Wildman–Crippen MR) is 54.9 cm³/mol. The molecule has 0 aromatic heterocycles. The minimum Gasteiger partial charge on any atom is -0.479 e. The van der Waals surface area contributed by atoms with Crippen LogP contribution < -0.4 is 0 Å². The van der Waals surface area contributed by atoms with Gasteiger partial charge < -0.3 is 9.64 Å². The summed E-state index contributed by atoms with van der Waals surface area (Å²) in [6.07, 6.45) is 4.86. The van der Waals surface area contributed by atoms with E-state index in [4.69, 9.17) is 4.74 Å². The van der Waals surface area contributed by atoms with E-state index in [1.54, 1.807) is 0 Å². The molecule has 0 fully saturated rings. The van der Waals surface area contributed by atoms with Crippen LogP contribution in [0.2, 0.25) is 0 Å². The van der Waals surface area contributed by atoms with Crippen LogP contribution in [-0.2, 0) is 4.74 Å². The van der Waals surface area contributed by atoms with Gasteiger partial charge in [0.25, 0.3) is 0 Å². The third-order valence-electron chi connectivity index (χ3n) is 1.94. The van der Waals surface area contributed by atoms with Crippen LogP contribution in [0.4, 0.5) is 0 Å². The lowest BCUT2D eigenvalue weighted by molar-refractivity contribution is 0.243. The number of hydrogen-bond donors (Lipinski definition) is 0. The van der Waals surface area contributed by atoms with Crippen molar-refractivity contribution in [2.45, 2.75) is 13.3 Å². The van der Waals surface area contributed by atoms with E-state index in [0.717, 1.165) is 25.5 Å². The van der Waals surface area contributed by atoms with Gasteiger partial charge >= 0.3 is 0 Å². The number of hydrogen-bond acceptors (Lipinski definition) is 3. The van der Waals surface area contributed by atoms with Gasteiger partial charge in [0.1, 0.15) is 6.61 Å². The van der Waals surface area contributed by atoms with Crippen molar-refractivity contribution in [1.82, 2.24) is 4.90 Å². The van der Waals surface area contributed by atoms with Gasteiger partial charge in [0.15, 0.2) is 5.90 Å². The number of nitrogens with zero attached hydrogens (tertiary/aromatic N) is 2. The average molecular weight is 182 g/mol. The fraction of sp³-hybridized carbons (Fsp3) is 0.700. The van der Waals surface area contributed by atoms with Gasteiger partial charge in [0.05, 0.1) is 0 Å². The van der Waals surface area contributed by atoms with Gasteiger partial charge in [0.2, 0.25) is 0 Å². The molecule has 74 valence electrons. The normalized spacial score (nSPS) is 21.8. The first-order valence-corrected chi connectivity index (χ1v) is 4.69. The van der Waals surface area contributed by atoms with E-state index < -0.39 is 0 Å². The highest BCUT2D eigenvalue weighted by Gasteiger charge is 2.08. The molecular weight excluding hydrogens is 164 g/mol. The standard InChI is InChI=1S/C10H18N2O/c1-9-4-5-11-10(8-9)13-7-6-12(2)3/h4-5,9H,6-8H2,1-3H3. The molecule has 0 amide bonds. The first-order chi connectivity index (χ1) is 6.18. The van der Waals surface area contributed by atoms with Gasteiger partial charge in [-0.15, -0.1) is 0 Å². The van der Waals surface area contributed by atoms with Crippen molar-refractivity contribution in [2.75, 3.05) is 27.2 Å². The molecule has 0 radical (unpaired) electrons. The van der Waals surface area contributed by atoms with E-state index >= 15 is 0 Å². The third-order valence-corrected chi connectivity index (χ3v) is 1.94. The SMILES string of the molecule is CC1C=CN=C(OCCN(C)C)C1. The topological polar surface area (TPSA) is 24.8 Å². The Balaban J connectivity index is 2.22. The lowest BCUT2D eigenvalue weighted by atomic mass is 10.1. The molecule has 1 aliphatic rings. The molecule has 1 aliphatic heterocycles. The second kappa shape index (κ2) is 5.02. The summed E-state index contributed by atoms with van der Waals surface area (Å²) >= 11 is 0. The van der Waals surface area contributed by atoms with Crippen LogP contribution in [0.1, 0.15) is 13.3 Å². The van der Waals surface area contributed by atoms with Crippen molar-refractivity contribution in [1.29, 1.82) is 0 Å². The number of ether oxygens (including phenoxy) is 1. The van der Waals surface area contributed by atoms with Crippen LogP contribution >= 0.6 is 0 Å². The second-order valence-electron chi connectivity index (χ2n) is 3.70. The molecule has 0 bridgehead atoms. The summed E-state index contributed by atoms with van der Waals surface area (Å²) < 4.78 is 5.52. The molecule has 1 unspecified atom stereocenters. The van der Waals surface area contributed by atoms with Crippen LogP contribution in [0.25, 0.3) is 0 Å². The molecule has 3 heteroatoms. The molecule has 0 aromatic rings. The van der Waals surface area contributed by atoms with Crippen LogP contribution in [0.3, 0.4) is 0 Å². The van der Waals surface area contributed by atoms with Crippen molar-refractivity contribution in [3.8, 4) is 0 Å². The van der Waals surface area contributed by atoms with Crippen molar-refractivity contribution in [3.63, 3.8) is 0 Å². The van der Waals surface area contributed by atoms with Crippen molar-refractivity contribution >= 4 is 5.90 Å². The zero-order valence-electron chi connectivity index (χ0n) is 8.66. The number of aliphatic imine (C=N–C) groups is 1. The molecule has 1 rings (SSSR count). The molecule has 0 saturated heterocycles. The minimum atomic E-state index is 0.562. The van der Waals surface area contributed by atoms with Gasteiger partial charge in [-0.3, -0.25) is 0 Å². The number of rotatable bonds is 3. The molecular formula is C10H18N2O. The average Bonchev–Trinajstić information content (AvgIpc) is 2.03. The Morgan fingerprint density at radius 3 is 3.00 bits per heavy atom. The van der Waals surface area contributed by atoms with Crippen molar-refractivity contribution < 1.29 is 4.74 Å². The van der Waals surface area contributed by atoms with Crippen LogP contribution in [0.15, 0.2) is 17.3 Å². The van der Waals surface area contributed by atoms with Gasteiger partial charge in [-0.2, -0.15) is 0 Å². The maximum Gasteiger partial charge on any atom is 0.188 e. The summed E-state index contributed by atoms with van der Waals surface area (Å²) in [5.41, 5.74) is 0.